The standard InChI is InChI=1S/C20H34N6O2/c1-3-21-20(25-14-10-16(11-15-25)19(27)28-2)22-12-7-9-18-24-23-17-8-5-4-6-13-26(17)18/h16H,3-15H2,1-2H3,(H,21,22). The van der Waals surface area contributed by atoms with Crippen LogP contribution in [0.4, 0.5) is 0 Å². The molecule has 28 heavy (non-hydrogen) atoms. The summed E-state index contributed by atoms with van der Waals surface area (Å²) in [4.78, 5) is 18.8. The van der Waals surface area contributed by atoms with Gasteiger partial charge in [0.15, 0.2) is 5.96 Å². The highest BCUT2D eigenvalue weighted by molar-refractivity contribution is 5.80. The van der Waals surface area contributed by atoms with E-state index >= 15 is 0 Å². The van der Waals surface area contributed by atoms with E-state index in [9.17, 15) is 4.79 Å². The quantitative estimate of drug-likeness (QED) is 0.345. The van der Waals surface area contributed by atoms with Gasteiger partial charge in [-0.1, -0.05) is 6.42 Å². The number of piperidine rings is 1. The number of hydrogen-bond donors (Lipinski definition) is 1. The molecule has 1 saturated heterocycles. The van der Waals surface area contributed by atoms with Crippen molar-refractivity contribution in [1.29, 1.82) is 0 Å². The first-order chi connectivity index (χ1) is 13.7. The van der Waals surface area contributed by atoms with Gasteiger partial charge in [0.05, 0.1) is 13.0 Å². The van der Waals surface area contributed by atoms with Gasteiger partial charge in [-0.05, 0) is 39.0 Å². The Morgan fingerprint density at radius 2 is 2.04 bits per heavy atom. The summed E-state index contributed by atoms with van der Waals surface area (Å²) in [7, 11) is 1.47. The molecule has 0 amide bonds. The van der Waals surface area contributed by atoms with Crippen LogP contribution in [0.1, 0.15) is 57.1 Å². The molecule has 0 aliphatic carbocycles. The molecule has 1 aromatic rings. The third-order valence-corrected chi connectivity index (χ3v) is 5.67. The summed E-state index contributed by atoms with van der Waals surface area (Å²) in [6.45, 7) is 6.42. The number of nitrogens with zero attached hydrogens (tertiary/aromatic N) is 5. The fourth-order valence-corrected chi connectivity index (χ4v) is 4.07. The molecule has 0 unspecified atom stereocenters. The van der Waals surface area contributed by atoms with E-state index in [0.717, 1.165) is 82.4 Å². The summed E-state index contributed by atoms with van der Waals surface area (Å²) in [5.41, 5.74) is 0. The van der Waals surface area contributed by atoms with Crippen LogP contribution in [0, 0.1) is 5.92 Å². The molecule has 0 spiro atoms. The van der Waals surface area contributed by atoms with Crippen molar-refractivity contribution in [2.45, 2.75) is 64.8 Å². The third-order valence-electron chi connectivity index (χ3n) is 5.67. The molecule has 0 bridgehead atoms. The largest absolute Gasteiger partial charge is 0.469 e. The first-order valence-electron chi connectivity index (χ1n) is 10.7. The second kappa shape index (κ2) is 10.4. The van der Waals surface area contributed by atoms with Gasteiger partial charge < -0.3 is 19.5 Å². The molecule has 156 valence electrons. The van der Waals surface area contributed by atoms with Gasteiger partial charge in [-0.2, -0.15) is 0 Å². The Kier molecular flexibility index (Phi) is 7.68. The van der Waals surface area contributed by atoms with Gasteiger partial charge in [0.25, 0.3) is 0 Å². The van der Waals surface area contributed by atoms with Crippen LogP contribution < -0.4 is 5.32 Å². The number of carbonyl (C=O) groups is 1. The first-order valence-corrected chi connectivity index (χ1v) is 10.7. The summed E-state index contributed by atoms with van der Waals surface area (Å²) in [6, 6.07) is 0. The minimum atomic E-state index is -0.0889. The minimum Gasteiger partial charge on any atom is -0.469 e. The summed E-state index contributed by atoms with van der Waals surface area (Å²) in [6.07, 6.45) is 8.31. The molecule has 8 nitrogen and oxygen atoms in total. The average Bonchev–Trinajstić information content (AvgIpc) is 2.95. The van der Waals surface area contributed by atoms with E-state index in [1.165, 1.54) is 26.4 Å². The van der Waals surface area contributed by atoms with Gasteiger partial charge in [-0.25, -0.2) is 0 Å². The molecular weight excluding hydrogens is 356 g/mol. The number of aromatic nitrogens is 3. The highest BCUT2D eigenvalue weighted by Crippen LogP contribution is 2.19. The Labute approximate surface area is 167 Å². The average molecular weight is 391 g/mol. The van der Waals surface area contributed by atoms with E-state index in [4.69, 9.17) is 9.73 Å². The highest BCUT2D eigenvalue weighted by atomic mass is 16.5. The number of likely N-dealkylation sites (tertiary alicyclic amines) is 1. The lowest BCUT2D eigenvalue weighted by atomic mass is 9.97. The van der Waals surface area contributed by atoms with Crippen LogP contribution in [0.15, 0.2) is 4.99 Å². The number of esters is 1. The number of nitrogens with one attached hydrogen (secondary N) is 1. The number of ether oxygens (including phenoxy) is 1. The molecule has 1 N–H and O–H groups in total. The van der Waals surface area contributed by atoms with Gasteiger partial charge in [0.1, 0.15) is 11.6 Å². The number of guanidine groups is 1. The fourth-order valence-electron chi connectivity index (χ4n) is 4.07. The Hall–Kier alpha value is -2.12. The second-order valence-electron chi connectivity index (χ2n) is 7.62. The maximum Gasteiger partial charge on any atom is 0.308 e. The van der Waals surface area contributed by atoms with Crippen molar-refractivity contribution in [3.05, 3.63) is 11.6 Å². The zero-order chi connectivity index (χ0) is 19.8. The van der Waals surface area contributed by atoms with Gasteiger partial charge in [-0.3, -0.25) is 9.79 Å². The van der Waals surface area contributed by atoms with Gasteiger partial charge in [0, 0.05) is 45.6 Å². The zero-order valence-electron chi connectivity index (χ0n) is 17.3. The fraction of sp³-hybridized carbons (Fsp3) is 0.800. The molecule has 3 rings (SSSR count). The molecule has 2 aliphatic rings. The smallest absolute Gasteiger partial charge is 0.308 e. The normalized spacial score (nSPS) is 18.5. The van der Waals surface area contributed by atoms with Crippen LogP contribution >= 0.6 is 0 Å². The third kappa shape index (κ3) is 5.23. The number of methoxy groups -OCH3 is 1. The Balaban J connectivity index is 1.50. The number of hydrogen-bond acceptors (Lipinski definition) is 5. The van der Waals surface area contributed by atoms with Crippen LogP contribution in [-0.2, 0) is 28.9 Å². The topological polar surface area (TPSA) is 84.6 Å². The number of aliphatic imine (C=N–C) groups is 1. The Morgan fingerprint density at radius 3 is 2.79 bits per heavy atom. The predicted octanol–water partition coefficient (Wildman–Crippen LogP) is 1.79. The summed E-state index contributed by atoms with van der Waals surface area (Å²) >= 11 is 0. The number of aryl methyl sites for hydroxylation is 2. The first kappa shape index (κ1) is 20.6. The SMILES string of the molecule is CCNC(=NCCCc1nnc2n1CCCCC2)N1CCC(C(=O)OC)CC1. The van der Waals surface area contributed by atoms with Crippen LogP contribution in [0.3, 0.4) is 0 Å². The van der Waals surface area contributed by atoms with E-state index in [1.807, 2.05) is 0 Å². The van der Waals surface area contributed by atoms with Crippen molar-refractivity contribution < 1.29 is 9.53 Å². The molecular formula is C20H34N6O2. The van der Waals surface area contributed by atoms with Crippen LogP contribution in [-0.4, -0.2) is 64.9 Å². The summed E-state index contributed by atoms with van der Waals surface area (Å²) in [5.74, 6) is 3.14. The van der Waals surface area contributed by atoms with E-state index in [1.54, 1.807) is 0 Å². The summed E-state index contributed by atoms with van der Waals surface area (Å²) in [5, 5.41) is 12.2. The van der Waals surface area contributed by atoms with Crippen LogP contribution in [0.25, 0.3) is 0 Å². The molecule has 2 aliphatic heterocycles. The second-order valence-corrected chi connectivity index (χ2v) is 7.62. The monoisotopic (exact) mass is 390 g/mol. The Bertz CT molecular complexity index is 664. The molecule has 0 aromatic carbocycles. The lowest BCUT2D eigenvalue weighted by molar-refractivity contribution is -0.146. The van der Waals surface area contributed by atoms with E-state index in [2.05, 4.69) is 31.9 Å². The van der Waals surface area contributed by atoms with E-state index in [-0.39, 0.29) is 11.9 Å². The van der Waals surface area contributed by atoms with Crippen molar-refractivity contribution in [1.82, 2.24) is 25.0 Å². The van der Waals surface area contributed by atoms with Crippen molar-refractivity contribution in [3.8, 4) is 0 Å². The van der Waals surface area contributed by atoms with Gasteiger partial charge in [-0.15, -0.1) is 10.2 Å². The van der Waals surface area contributed by atoms with Gasteiger partial charge >= 0.3 is 5.97 Å². The molecule has 8 heteroatoms. The van der Waals surface area contributed by atoms with E-state index < -0.39 is 0 Å². The molecule has 1 aromatic heterocycles. The van der Waals surface area contributed by atoms with E-state index in [0.29, 0.717) is 0 Å². The molecule has 0 radical (unpaired) electrons. The minimum absolute atomic E-state index is 0.0207. The molecule has 3 heterocycles. The number of carbonyl (C=O) groups excluding carboxylic acids is 1. The van der Waals surface area contributed by atoms with Crippen molar-refractivity contribution >= 4 is 11.9 Å². The highest BCUT2D eigenvalue weighted by Gasteiger charge is 2.26. The van der Waals surface area contributed by atoms with Crippen LogP contribution in [0.5, 0.6) is 0 Å². The number of rotatable bonds is 6. The zero-order valence-corrected chi connectivity index (χ0v) is 17.3. The van der Waals surface area contributed by atoms with Crippen molar-refractivity contribution in [3.63, 3.8) is 0 Å². The maximum atomic E-state index is 11.7. The summed E-state index contributed by atoms with van der Waals surface area (Å²) < 4.78 is 7.20. The van der Waals surface area contributed by atoms with Crippen LogP contribution in [0.2, 0.25) is 0 Å². The molecule has 0 saturated carbocycles. The maximum absolute atomic E-state index is 11.7. The number of fused-ring (bicyclic) bond motifs is 1. The van der Waals surface area contributed by atoms with Gasteiger partial charge in [0.2, 0.25) is 0 Å². The Morgan fingerprint density at radius 1 is 1.21 bits per heavy atom. The predicted molar refractivity (Wildman–Crippen MR) is 108 cm³/mol. The lowest BCUT2D eigenvalue weighted by Gasteiger charge is -2.33. The lowest BCUT2D eigenvalue weighted by Crippen LogP contribution is -2.46. The molecule has 1 fully saturated rings. The van der Waals surface area contributed by atoms with Crippen molar-refractivity contribution in [2.75, 3.05) is 33.3 Å². The molecule has 0 atom stereocenters. The van der Waals surface area contributed by atoms with Crippen molar-refractivity contribution in [2.24, 2.45) is 10.9 Å².